The lowest BCUT2D eigenvalue weighted by Crippen LogP contribution is -2.62. The van der Waals surface area contributed by atoms with Gasteiger partial charge in [0.1, 0.15) is 12.2 Å². The fourth-order valence-corrected chi connectivity index (χ4v) is 1.97. The maximum absolute atomic E-state index is 11.0. The van der Waals surface area contributed by atoms with Crippen LogP contribution in [0.4, 0.5) is 0 Å². The Morgan fingerprint density at radius 1 is 1.40 bits per heavy atom. The van der Waals surface area contributed by atoms with Crippen molar-refractivity contribution in [2.45, 2.75) is 51.2 Å². The van der Waals surface area contributed by atoms with Crippen molar-refractivity contribution in [2.24, 2.45) is 0 Å². The van der Waals surface area contributed by atoms with E-state index < -0.39 is 12.2 Å². The first-order chi connectivity index (χ1) is 6.97. The monoisotopic (exact) mass is 217 g/mol. The molecule has 15 heavy (non-hydrogen) atoms. The summed E-state index contributed by atoms with van der Waals surface area (Å²) >= 11 is 0. The highest BCUT2D eigenvalue weighted by Crippen LogP contribution is 2.22. The molecule has 1 aliphatic rings. The molecule has 1 saturated heterocycles. The molecule has 1 fully saturated rings. The highest BCUT2D eigenvalue weighted by atomic mass is 16.5. The molecule has 0 aromatic heterocycles. The van der Waals surface area contributed by atoms with Gasteiger partial charge in [0.05, 0.1) is 18.2 Å². The van der Waals surface area contributed by atoms with Crippen molar-refractivity contribution in [3.8, 4) is 0 Å². The molecule has 0 bridgehead atoms. The molecule has 1 aliphatic heterocycles. The molecule has 1 amide bonds. The second-order valence-corrected chi connectivity index (χ2v) is 3.96. The lowest BCUT2D eigenvalue weighted by atomic mass is 9.94. The predicted octanol–water partition coefficient (Wildman–Crippen LogP) is -0.326. The summed E-state index contributed by atoms with van der Waals surface area (Å²) in [7, 11) is 1.52. The van der Waals surface area contributed by atoms with Gasteiger partial charge in [-0.2, -0.15) is 0 Å². The molecule has 0 radical (unpaired) electrons. The largest absolute Gasteiger partial charge is 0.388 e. The van der Waals surface area contributed by atoms with E-state index in [0.717, 1.165) is 0 Å². The van der Waals surface area contributed by atoms with E-state index in [0.29, 0.717) is 0 Å². The third kappa shape index (κ3) is 2.68. The predicted molar refractivity (Wildman–Crippen MR) is 54.4 cm³/mol. The minimum atomic E-state index is -0.719. The van der Waals surface area contributed by atoms with Crippen LogP contribution in [-0.4, -0.2) is 48.6 Å². The van der Waals surface area contributed by atoms with Crippen LogP contribution in [0.15, 0.2) is 0 Å². The molecular weight excluding hydrogens is 198 g/mol. The van der Waals surface area contributed by atoms with Crippen molar-refractivity contribution < 1.29 is 19.4 Å². The van der Waals surface area contributed by atoms with Crippen LogP contribution in [0, 0.1) is 0 Å². The van der Waals surface area contributed by atoms with Crippen LogP contribution in [0.25, 0.3) is 0 Å². The van der Waals surface area contributed by atoms with E-state index in [1.165, 1.54) is 14.0 Å². The summed E-state index contributed by atoms with van der Waals surface area (Å²) in [6.45, 7) is 5.08. The van der Waals surface area contributed by atoms with Crippen molar-refractivity contribution >= 4 is 5.91 Å². The van der Waals surface area contributed by atoms with E-state index in [4.69, 9.17) is 9.47 Å². The van der Waals surface area contributed by atoms with Crippen LogP contribution in [0.2, 0.25) is 0 Å². The lowest BCUT2D eigenvalue weighted by Gasteiger charge is -2.42. The number of ether oxygens (including phenoxy) is 2. The second-order valence-electron chi connectivity index (χ2n) is 3.96. The zero-order chi connectivity index (χ0) is 11.6. The summed E-state index contributed by atoms with van der Waals surface area (Å²) in [4.78, 5) is 11.0. The second kappa shape index (κ2) is 4.92. The Labute approximate surface area is 89.8 Å². The average molecular weight is 217 g/mol. The number of carbonyl (C=O) groups excluding carboxylic acids is 1. The molecule has 1 rings (SSSR count). The summed E-state index contributed by atoms with van der Waals surface area (Å²) in [5, 5.41) is 12.6. The van der Waals surface area contributed by atoms with Gasteiger partial charge in [0.2, 0.25) is 5.91 Å². The van der Waals surface area contributed by atoms with Gasteiger partial charge in [-0.05, 0) is 13.8 Å². The third-order valence-electron chi connectivity index (χ3n) is 2.75. The maximum atomic E-state index is 11.0. The molecule has 0 spiro atoms. The Bertz CT molecular complexity index is 233. The summed E-state index contributed by atoms with van der Waals surface area (Å²) in [5.41, 5.74) is 0. The smallest absolute Gasteiger partial charge is 0.217 e. The normalized spacial score (nSPS) is 41.3. The van der Waals surface area contributed by atoms with Gasteiger partial charge < -0.3 is 19.9 Å². The summed E-state index contributed by atoms with van der Waals surface area (Å²) in [6.07, 6.45) is -1.59. The molecule has 0 aliphatic carbocycles. The van der Waals surface area contributed by atoms with Crippen LogP contribution >= 0.6 is 0 Å². The third-order valence-corrected chi connectivity index (χ3v) is 2.75. The maximum Gasteiger partial charge on any atom is 0.217 e. The Morgan fingerprint density at radius 2 is 2.00 bits per heavy atom. The van der Waals surface area contributed by atoms with E-state index in [1.807, 2.05) is 6.92 Å². The van der Waals surface area contributed by atoms with Gasteiger partial charge >= 0.3 is 0 Å². The Kier molecular flexibility index (Phi) is 4.07. The minimum Gasteiger partial charge on any atom is -0.388 e. The van der Waals surface area contributed by atoms with Gasteiger partial charge in [-0.25, -0.2) is 0 Å². The molecule has 0 aromatic rings. The van der Waals surface area contributed by atoms with Gasteiger partial charge in [0, 0.05) is 14.0 Å². The minimum absolute atomic E-state index is 0.153. The van der Waals surface area contributed by atoms with Crippen LogP contribution in [0.1, 0.15) is 20.8 Å². The number of aliphatic hydroxyl groups is 1. The topological polar surface area (TPSA) is 67.8 Å². The first-order valence-corrected chi connectivity index (χ1v) is 5.10. The Morgan fingerprint density at radius 3 is 2.47 bits per heavy atom. The lowest BCUT2D eigenvalue weighted by molar-refractivity contribution is -0.183. The number of amides is 1. The van der Waals surface area contributed by atoms with Gasteiger partial charge in [0.15, 0.2) is 0 Å². The first-order valence-electron chi connectivity index (χ1n) is 5.10. The standard InChI is InChI=1S/C10H19NO4/c1-5-8(11-7(3)12)10(14-4)9(13)6(2)15-5/h5-6,8-10,13H,1-4H3,(H,11,12)/t5-,6?,8?,9?,10?/m1/s1. The number of hydrogen-bond donors (Lipinski definition) is 2. The van der Waals surface area contributed by atoms with E-state index in [-0.39, 0.29) is 24.2 Å². The van der Waals surface area contributed by atoms with Crippen LogP contribution in [-0.2, 0) is 14.3 Å². The number of methoxy groups -OCH3 is 1. The van der Waals surface area contributed by atoms with E-state index in [9.17, 15) is 9.90 Å². The molecule has 5 atom stereocenters. The molecule has 1 heterocycles. The highest BCUT2D eigenvalue weighted by Gasteiger charge is 2.42. The van der Waals surface area contributed by atoms with Crippen molar-refractivity contribution in [3.05, 3.63) is 0 Å². The molecule has 0 aromatic carbocycles. The van der Waals surface area contributed by atoms with Crippen molar-refractivity contribution in [1.82, 2.24) is 5.32 Å². The summed E-state index contributed by atoms with van der Waals surface area (Å²) in [5.74, 6) is -0.153. The number of aliphatic hydroxyl groups excluding tert-OH is 1. The molecule has 88 valence electrons. The quantitative estimate of drug-likeness (QED) is 0.665. The Balaban J connectivity index is 2.76. The highest BCUT2D eigenvalue weighted by molar-refractivity contribution is 5.73. The molecule has 0 saturated carbocycles. The van der Waals surface area contributed by atoms with Crippen molar-refractivity contribution in [2.75, 3.05) is 7.11 Å². The zero-order valence-corrected chi connectivity index (χ0v) is 9.56. The fraction of sp³-hybridized carbons (Fsp3) is 0.900. The van der Waals surface area contributed by atoms with Crippen molar-refractivity contribution in [3.63, 3.8) is 0 Å². The van der Waals surface area contributed by atoms with E-state index in [1.54, 1.807) is 6.92 Å². The van der Waals surface area contributed by atoms with Crippen LogP contribution in [0.5, 0.6) is 0 Å². The first kappa shape index (κ1) is 12.4. The van der Waals surface area contributed by atoms with Crippen molar-refractivity contribution in [1.29, 1.82) is 0 Å². The number of carbonyl (C=O) groups is 1. The zero-order valence-electron chi connectivity index (χ0n) is 9.56. The van der Waals surface area contributed by atoms with Crippen LogP contribution in [0.3, 0.4) is 0 Å². The summed E-state index contributed by atoms with van der Waals surface area (Å²) in [6, 6.07) is -0.307. The molecule has 5 nitrogen and oxygen atoms in total. The summed E-state index contributed by atoms with van der Waals surface area (Å²) < 4.78 is 10.7. The van der Waals surface area contributed by atoms with E-state index >= 15 is 0 Å². The van der Waals surface area contributed by atoms with E-state index in [2.05, 4.69) is 5.32 Å². The SMILES string of the molecule is COC1C(O)C(C)O[C@H](C)C1NC(C)=O. The van der Waals surface area contributed by atoms with Gasteiger partial charge in [-0.15, -0.1) is 0 Å². The van der Waals surface area contributed by atoms with Gasteiger partial charge in [0.25, 0.3) is 0 Å². The Hall–Kier alpha value is -0.650. The number of nitrogens with one attached hydrogen (secondary N) is 1. The molecule has 2 N–H and O–H groups in total. The number of rotatable bonds is 2. The average Bonchev–Trinajstić information content (AvgIpc) is 2.14. The van der Waals surface area contributed by atoms with Gasteiger partial charge in [-0.3, -0.25) is 4.79 Å². The van der Waals surface area contributed by atoms with Gasteiger partial charge in [-0.1, -0.05) is 0 Å². The molecular formula is C10H19NO4. The molecule has 4 unspecified atom stereocenters. The van der Waals surface area contributed by atoms with Crippen LogP contribution < -0.4 is 5.32 Å². The molecule has 5 heteroatoms. The fourth-order valence-electron chi connectivity index (χ4n) is 1.97. The number of hydrogen-bond acceptors (Lipinski definition) is 4.